The van der Waals surface area contributed by atoms with Crippen LogP contribution in [-0.2, 0) is 5.41 Å². The van der Waals surface area contributed by atoms with E-state index in [1.807, 2.05) is 0 Å². The number of rotatable bonds is 3. The van der Waals surface area contributed by atoms with E-state index in [2.05, 4.69) is 42.7 Å². The summed E-state index contributed by atoms with van der Waals surface area (Å²) in [5.74, 6) is 0. The van der Waals surface area contributed by atoms with Crippen LogP contribution in [0.2, 0.25) is 0 Å². The Hall–Kier alpha value is -0.820. The van der Waals surface area contributed by atoms with Crippen molar-refractivity contribution in [2.24, 2.45) is 0 Å². The van der Waals surface area contributed by atoms with Crippen molar-refractivity contribution in [3.63, 3.8) is 0 Å². The van der Waals surface area contributed by atoms with Crippen molar-refractivity contribution in [2.45, 2.75) is 31.1 Å². The molecule has 1 saturated carbocycles. The van der Waals surface area contributed by atoms with Crippen LogP contribution < -0.4 is 5.32 Å². The minimum absolute atomic E-state index is 0.420. The number of benzene rings is 1. The smallest absolute Gasteiger partial charge is 0.0613 e. The lowest BCUT2D eigenvalue weighted by Crippen LogP contribution is -2.81. The zero-order chi connectivity index (χ0) is 9.86. The van der Waals surface area contributed by atoms with Crippen molar-refractivity contribution >= 4 is 0 Å². The van der Waals surface area contributed by atoms with Crippen LogP contribution in [0, 0.1) is 7.05 Å². The highest BCUT2D eigenvalue weighted by molar-refractivity contribution is 5.26. The quantitative estimate of drug-likeness (QED) is 0.699. The van der Waals surface area contributed by atoms with Crippen molar-refractivity contribution < 1.29 is 5.32 Å². The molecule has 1 aliphatic carbocycles. The Morgan fingerprint density at radius 2 is 1.79 bits per heavy atom. The number of quaternary nitrogens is 1. The highest BCUT2D eigenvalue weighted by atomic mass is 14.8. The van der Waals surface area contributed by atoms with E-state index in [0.29, 0.717) is 5.41 Å². The first-order valence-electron chi connectivity index (χ1n) is 5.54. The maximum absolute atomic E-state index is 3.89. The lowest BCUT2D eigenvalue weighted by Gasteiger charge is -2.28. The first-order chi connectivity index (χ1) is 6.87. The van der Waals surface area contributed by atoms with E-state index in [-0.39, 0.29) is 0 Å². The van der Waals surface area contributed by atoms with Gasteiger partial charge in [-0.05, 0) is 18.4 Å². The maximum atomic E-state index is 3.89. The fraction of sp³-hybridized carbons (Fsp3) is 0.462. The van der Waals surface area contributed by atoms with Crippen molar-refractivity contribution in [2.75, 3.05) is 6.54 Å². The number of hydrogen-bond donors (Lipinski definition) is 1. The monoisotopic (exact) mass is 189 g/mol. The summed E-state index contributed by atoms with van der Waals surface area (Å²) >= 11 is 0. The van der Waals surface area contributed by atoms with Gasteiger partial charge in [-0.1, -0.05) is 43.2 Å². The topological polar surface area (TPSA) is 16.6 Å². The Kier molecular flexibility index (Phi) is 2.87. The lowest BCUT2D eigenvalue weighted by atomic mass is 9.79. The molecule has 2 rings (SSSR count). The third-order valence-electron chi connectivity index (χ3n) is 3.48. The standard InChI is InChI=1S/C13H19N/c1-14-11-13(9-5-6-10-13)12-7-3-2-4-8-12/h2-4,7-8H,1,5-6,9-11,14H2. The second-order valence-corrected chi connectivity index (χ2v) is 4.35. The van der Waals surface area contributed by atoms with Crippen molar-refractivity contribution in [1.82, 2.24) is 0 Å². The molecule has 2 N–H and O–H groups in total. The summed E-state index contributed by atoms with van der Waals surface area (Å²) < 4.78 is 0. The summed E-state index contributed by atoms with van der Waals surface area (Å²) in [5.41, 5.74) is 1.93. The molecule has 0 radical (unpaired) electrons. The Bertz CT molecular complexity index is 273. The molecular weight excluding hydrogens is 170 g/mol. The third-order valence-corrected chi connectivity index (χ3v) is 3.48. The summed E-state index contributed by atoms with van der Waals surface area (Å²) in [5, 5.41) is 2.08. The van der Waals surface area contributed by atoms with Gasteiger partial charge in [0.15, 0.2) is 0 Å². The molecule has 1 aliphatic rings. The van der Waals surface area contributed by atoms with E-state index < -0.39 is 0 Å². The molecule has 0 heterocycles. The van der Waals surface area contributed by atoms with Crippen LogP contribution in [0.1, 0.15) is 31.2 Å². The van der Waals surface area contributed by atoms with Gasteiger partial charge < -0.3 is 5.32 Å². The molecule has 0 atom stereocenters. The van der Waals surface area contributed by atoms with Crippen molar-refractivity contribution in [1.29, 1.82) is 0 Å². The normalized spacial score (nSPS) is 19.8. The van der Waals surface area contributed by atoms with Gasteiger partial charge in [0.05, 0.1) is 6.54 Å². The first kappa shape index (κ1) is 9.72. The zero-order valence-electron chi connectivity index (χ0n) is 8.71. The molecular formula is C13H19N. The second-order valence-electron chi connectivity index (χ2n) is 4.35. The molecule has 0 aliphatic heterocycles. The highest BCUT2D eigenvalue weighted by Crippen LogP contribution is 2.39. The molecule has 1 fully saturated rings. The van der Waals surface area contributed by atoms with Gasteiger partial charge in [-0.3, -0.25) is 0 Å². The van der Waals surface area contributed by atoms with Crippen LogP contribution in [0.5, 0.6) is 0 Å². The fourth-order valence-electron chi connectivity index (χ4n) is 2.73. The molecule has 1 aromatic rings. The Morgan fingerprint density at radius 1 is 1.14 bits per heavy atom. The maximum Gasteiger partial charge on any atom is 0.0613 e. The van der Waals surface area contributed by atoms with E-state index in [1.54, 1.807) is 0 Å². The molecule has 0 bridgehead atoms. The van der Waals surface area contributed by atoms with Crippen molar-refractivity contribution in [3.8, 4) is 0 Å². The van der Waals surface area contributed by atoms with Gasteiger partial charge >= 0.3 is 0 Å². The van der Waals surface area contributed by atoms with Crippen LogP contribution in [0.25, 0.3) is 0 Å². The average Bonchev–Trinajstić information content (AvgIpc) is 2.70. The van der Waals surface area contributed by atoms with Gasteiger partial charge in [0.2, 0.25) is 0 Å². The van der Waals surface area contributed by atoms with E-state index in [0.717, 1.165) is 6.54 Å². The summed E-state index contributed by atoms with van der Waals surface area (Å²) in [6.07, 6.45) is 5.43. The Balaban J connectivity index is 2.27. The summed E-state index contributed by atoms with van der Waals surface area (Å²) in [6.45, 7) is 1.14. The van der Waals surface area contributed by atoms with Crippen LogP contribution in [-0.4, -0.2) is 6.54 Å². The lowest BCUT2D eigenvalue weighted by molar-refractivity contribution is -0.604. The summed E-state index contributed by atoms with van der Waals surface area (Å²) in [4.78, 5) is 0. The van der Waals surface area contributed by atoms with E-state index in [9.17, 15) is 0 Å². The predicted octanol–water partition coefficient (Wildman–Crippen LogP) is 1.85. The zero-order valence-corrected chi connectivity index (χ0v) is 8.71. The van der Waals surface area contributed by atoms with E-state index in [4.69, 9.17) is 0 Å². The molecule has 1 nitrogen and oxygen atoms in total. The minimum Gasteiger partial charge on any atom is -0.478 e. The van der Waals surface area contributed by atoms with Crippen LogP contribution in [0.4, 0.5) is 0 Å². The average molecular weight is 189 g/mol. The second kappa shape index (κ2) is 4.14. The molecule has 76 valence electrons. The number of nitrogens with two attached hydrogens (primary N) is 1. The molecule has 0 saturated heterocycles. The van der Waals surface area contributed by atoms with Crippen LogP contribution in [0.15, 0.2) is 30.3 Å². The molecule has 0 unspecified atom stereocenters. The van der Waals surface area contributed by atoms with Crippen LogP contribution in [0.3, 0.4) is 0 Å². The van der Waals surface area contributed by atoms with E-state index >= 15 is 0 Å². The molecule has 14 heavy (non-hydrogen) atoms. The molecule has 0 spiro atoms. The number of hydrogen-bond acceptors (Lipinski definition) is 0. The van der Waals surface area contributed by atoms with Crippen LogP contribution >= 0.6 is 0 Å². The van der Waals surface area contributed by atoms with E-state index in [1.165, 1.54) is 31.2 Å². The van der Waals surface area contributed by atoms with Crippen molar-refractivity contribution in [3.05, 3.63) is 42.9 Å². The third kappa shape index (κ3) is 1.69. The molecule has 0 aromatic heterocycles. The summed E-state index contributed by atoms with van der Waals surface area (Å²) in [6, 6.07) is 10.9. The SMILES string of the molecule is [CH2-][NH2+]CC1(c2ccccc2)CCCC1. The minimum atomic E-state index is 0.420. The molecule has 1 heteroatoms. The fourth-order valence-corrected chi connectivity index (χ4v) is 2.73. The predicted molar refractivity (Wildman–Crippen MR) is 58.7 cm³/mol. The molecule has 1 aromatic carbocycles. The van der Waals surface area contributed by atoms with Gasteiger partial charge in [0.1, 0.15) is 0 Å². The van der Waals surface area contributed by atoms with Gasteiger partial charge in [0.25, 0.3) is 0 Å². The van der Waals surface area contributed by atoms with Gasteiger partial charge in [-0.15, -0.1) is 0 Å². The Labute approximate surface area is 86.5 Å². The highest BCUT2D eigenvalue weighted by Gasteiger charge is 2.35. The van der Waals surface area contributed by atoms with Gasteiger partial charge in [-0.25, -0.2) is 0 Å². The first-order valence-corrected chi connectivity index (χ1v) is 5.54. The van der Waals surface area contributed by atoms with Gasteiger partial charge in [-0.2, -0.15) is 7.05 Å². The largest absolute Gasteiger partial charge is 0.478 e. The summed E-state index contributed by atoms with van der Waals surface area (Å²) in [7, 11) is 3.89. The Morgan fingerprint density at radius 3 is 2.36 bits per heavy atom. The van der Waals surface area contributed by atoms with Gasteiger partial charge in [0, 0.05) is 5.41 Å². The molecule has 0 amide bonds.